The number of hydrogen-bond acceptors (Lipinski definition) is 2. The molecule has 1 aliphatic rings. The van der Waals surface area contributed by atoms with Crippen LogP contribution < -0.4 is 20.7 Å². The van der Waals surface area contributed by atoms with E-state index < -0.39 is 0 Å². The molecular weight excluding hydrogens is 599 g/mol. The number of rotatable bonds is 4. The molecule has 5 heteroatoms. The molecule has 4 aromatic heterocycles. The summed E-state index contributed by atoms with van der Waals surface area (Å²) in [7, 11) is 0. The monoisotopic (exact) mass is 629 g/mol. The zero-order valence-electron chi connectivity index (χ0n) is 20.5. The average molecular weight is 630 g/mol. The summed E-state index contributed by atoms with van der Waals surface area (Å²) in [5, 5.41) is 4.16. The molecule has 4 nitrogen and oxygen atoms in total. The molecule has 0 atom stereocenters. The van der Waals surface area contributed by atoms with E-state index >= 15 is 0 Å². The summed E-state index contributed by atoms with van der Waals surface area (Å²) in [5.74, 6) is 0. The van der Waals surface area contributed by atoms with Gasteiger partial charge < -0.3 is 9.97 Å². The van der Waals surface area contributed by atoms with Crippen molar-refractivity contribution in [1.29, 1.82) is 0 Å². The molecule has 0 aliphatic carbocycles. The summed E-state index contributed by atoms with van der Waals surface area (Å²) in [6.07, 6.45) is 5.86. The maximum atomic E-state index is 5.26. The molecule has 5 heterocycles. The van der Waals surface area contributed by atoms with Gasteiger partial charge in [-0.3, -0.25) is 0 Å². The van der Waals surface area contributed by atoms with E-state index in [1.165, 1.54) is 22.3 Å². The Hall–Kier alpha value is -2.71. The largest absolute Gasteiger partial charge is 2.00 e. The number of fused-ring (bicyclic) bond motifs is 9. The summed E-state index contributed by atoms with van der Waals surface area (Å²) in [6.45, 7) is 11.0. The first-order valence-corrected chi connectivity index (χ1v) is 12.1. The predicted molar refractivity (Wildman–Crippen MR) is 133 cm³/mol. The van der Waals surface area contributed by atoms with Gasteiger partial charge in [-0.15, -0.1) is 21.4 Å². The van der Waals surface area contributed by atoms with Crippen molar-refractivity contribution in [1.82, 2.24) is 19.9 Å². The van der Waals surface area contributed by atoms with Gasteiger partial charge in [-0.1, -0.05) is 68.2 Å². The fraction of sp³-hybridized carbons (Fsp3) is 0.310. The molecule has 8 bridgehead atoms. The number of aromatic nitrogens is 4. The van der Waals surface area contributed by atoms with Crippen LogP contribution in [0, 0.1) is 10.7 Å². The normalized spacial score (nSPS) is 12.1. The molecule has 0 saturated carbocycles. The van der Waals surface area contributed by atoms with Gasteiger partial charge in [0.2, 0.25) is 0 Å². The molecule has 0 radical (unpaired) electrons. The van der Waals surface area contributed by atoms with E-state index in [0.29, 0.717) is 0 Å². The topological polar surface area (TPSA) is 54.0 Å². The van der Waals surface area contributed by atoms with Crippen LogP contribution in [0.25, 0.3) is 23.0 Å². The Morgan fingerprint density at radius 1 is 0.618 bits per heavy atom. The van der Waals surface area contributed by atoms with Crippen molar-refractivity contribution in [2.24, 2.45) is 0 Å². The van der Waals surface area contributed by atoms with Gasteiger partial charge in [-0.05, 0) is 62.4 Å². The second-order valence-corrected chi connectivity index (χ2v) is 8.61. The van der Waals surface area contributed by atoms with Crippen LogP contribution in [-0.2, 0) is 46.7 Å². The minimum atomic E-state index is 0. The van der Waals surface area contributed by atoms with E-state index in [4.69, 9.17) is 19.9 Å². The molecule has 0 N–H and O–H groups in total. The smallest absolute Gasteiger partial charge is 0.658 e. The van der Waals surface area contributed by atoms with Crippen molar-refractivity contribution in [3.8, 4) is 11.4 Å². The van der Waals surface area contributed by atoms with E-state index in [1.807, 2.05) is 18.2 Å². The van der Waals surface area contributed by atoms with Crippen LogP contribution in [0.1, 0.15) is 68.3 Å². The molecule has 0 unspecified atom stereocenters. The average Bonchev–Trinajstić information content (AvgIpc) is 3.40. The Morgan fingerprint density at radius 3 is 1.82 bits per heavy atom. The second-order valence-electron chi connectivity index (χ2n) is 8.61. The van der Waals surface area contributed by atoms with Crippen LogP contribution in [0.5, 0.6) is 0 Å². The van der Waals surface area contributed by atoms with E-state index in [2.05, 4.69) is 58.9 Å². The Bertz CT molecular complexity index is 1570. The number of nitrogens with zero attached hydrogens (tertiary/aromatic N) is 4. The molecule has 34 heavy (non-hydrogen) atoms. The SMILES string of the molecule is CCc1c(CC)c2[n-]c1=Cc1cccc(n1)-c1cccc(n1)C(C)=c1[n-]c=2c(CC)c1CC.[Pt+2]. The molecule has 5 rings (SSSR count). The fourth-order valence-corrected chi connectivity index (χ4v) is 5.17. The van der Waals surface area contributed by atoms with Crippen molar-refractivity contribution in [2.75, 3.05) is 0 Å². The minimum absolute atomic E-state index is 0. The number of hydrogen-bond donors (Lipinski definition) is 0. The van der Waals surface area contributed by atoms with Gasteiger partial charge in [0.15, 0.2) is 0 Å². The standard InChI is InChI=1S/C29H30N4.Pt/c1-6-19-20(7-2)28-29-22(9-4)21(8-3)27(33-29)17(5)23-13-11-15-25(31-23)24-14-10-12-18(30-24)16-26(19)32-28;/h10-16H,6-9H2,1-5H3;/q-2;+2. The fourth-order valence-electron chi connectivity index (χ4n) is 5.17. The maximum absolute atomic E-state index is 5.26. The van der Waals surface area contributed by atoms with Crippen molar-refractivity contribution < 1.29 is 21.1 Å². The third-order valence-corrected chi connectivity index (χ3v) is 6.80. The van der Waals surface area contributed by atoms with Gasteiger partial charge in [0.1, 0.15) is 0 Å². The molecule has 0 spiro atoms. The maximum Gasteiger partial charge on any atom is 2.00 e. The third kappa shape index (κ3) is 3.92. The first-order valence-electron chi connectivity index (χ1n) is 12.1. The first-order chi connectivity index (χ1) is 16.1. The summed E-state index contributed by atoms with van der Waals surface area (Å²) >= 11 is 0. The molecule has 4 aromatic rings. The van der Waals surface area contributed by atoms with Gasteiger partial charge in [-0.25, -0.2) is 9.97 Å². The van der Waals surface area contributed by atoms with Gasteiger partial charge in [0.05, 0.1) is 22.8 Å². The van der Waals surface area contributed by atoms with Crippen LogP contribution in [0.2, 0.25) is 0 Å². The van der Waals surface area contributed by atoms with Crippen molar-refractivity contribution in [3.63, 3.8) is 0 Å². The van der Waals surface area contributed by atoms with Crippen LogP contribution in [0.4, 0.5) is 0 Å². The van der Waals surface area contributed by atoms with E-state index in [0.717, 1.165) is 75.4 Å². The van der Waals surface area contributed by atoms with E-state index in [-0.39, 0.29) is 21.1 Å². The van der Waals surface area contributed by atoms with Crippen molar-refractivity contribution >= 4 is 11.6 Å². The molecular formula is C29H30N4Pt. The molecule has 0 saturated heterocycles. The Balaban J connectivity index is 0.00000274. The third-order valence-electron chi connectivity index (χ3n) is 6.80. The molecule has 0 aromatic carbocycles. The summed E-state index contributed by atoms with van der Waals surface area (Å²) in [6, 6.07) is 12.3. The van der Waals surface area contributed by atoms with Crippen LogP contribution in [-0.4, -0.2) is 9.97 Å². The van der Waals surface area contributed by atoms with Crippen LogP contribution in [0.15, 0.2) is 36.4 Å². The van der Waals surface area contributed by atoms with Crippen LogP contribution in [0.3, 0.4) is 0 Å². The summed E-state index contributed by atoms with van der Waals surface area (Å²) in [4.78, 5) is 20.4. The predicted octanol–water partition coefficient (Wildman–Crippen LogP) is 3.95. The van der Waals surface area contributed by atoms with Crippen molar-refractivity contribution in [3.05, 3.63) is 91.4 Å². The van der Waals surface area contributed by atoms with Crippen molar-refractivity contribution in [2.45, 2.75) is 60.3 Å². The summed E-state index contributed by atoms with van der Waals surface area (Å²) < 4.78 is 0. The van der Waals surface area contributed by atoms with E-state index in [9.17, 15) is 0 Å². The van der Waals surface area contributed by atoms with Crippen LogP contribution >= 0.6 is 0 Å². The zero-order chi connectivity index (χ0) is 23.1. The first kappa shape index (κ1) is 24.4. The Labute approximate surface area is 215 Å². The molecule has 0 fully saturated rings. The quantitative estimate of drug-likeness (QED) is 0.343. The molecule has 1 aliphatic heterocycles. The van der Waals surface area contributed by atoms with Gasteiger partial charge in [0.25, 0.3) is 0 Å². The number of pyridine rings is 2. The zero-order valence-corrected chi connectivity index (χ0v) is 22.7. The Kier molecular flexibility index (Phi) is 7.09. The summed E-state index contributed by atoms with van der Waals surface area (Å²) in [5.41, 5.74) is 9.96. The van der Waals surface area contributed by atoms with Gasteiger partial charge >= 0.3 is 21.1 Å². The van der Waals surface area contributed by atoms with Gasteiger partial charge in [-0.2, -0.15) is 0 Å². The van der Waals surface area contributed by atoms with Gasteiger partial charge in [0, 0.05) is 0 Å². The second kappa shape index (κ2) is 9.88. The Morgan fingerprint density at radius 2 is 1.15 bits per heavy atom. The molecule has 0 amide bonds. The molecule has 176 valence electrons. The minimum Gasteiger partial charge on any atom is -0.658 e. The van der Waals surface area contributed by atoms with E-state index in [1.54, 1.807) is 0 Å².